The first-order valence-electron chi connectivity index (χ1n) is 13.6. The van der Waals surface area contributed by atoms with E-state index in [4.69, 9.17) is 21.1 Å². The van der Waals surface area contributed by atoms with Crippen molar-refractivity contribution < 1.29 is 27.5 Å². The summed E-state index contributed by atoms with van der Waals surface area (Å²) < 4.78 is 40.1. The average Bonchev–Trinajstić information content (AvgIpc) is 2.98. The van der Waals surface area contributed by atoms with E-state index in [0.29, 0.717) is 17.2 Å². The van der Waals surface area contributed by atoms with E-state index in [1.165, 1.54) is 37.3 Å². The second-order valence-corrected chi connectivity index (χ2v) is 12.3. The summed E-state index contributed by atoms with van der Waals surface area (Å²) >= 11 is 6.06. The molecule has 0 bridgehead atoms. The van der Waals surface area contributed by atoms with Crippen LogP contribution in [0.1, 0.15) is 38.3 Å². The number of nitrogens with one attached hydrogen (secondary N) is 1. The zero-order valence-electron chi connectivity index (χ0n) is 24.8. The summed E-state index contributed by atoms with van der Waals surface area (Å²) in [5, 5.41) is 3.44. The molecule has 0 saturated carbocycles. The van der Waals surface area contributed by atoms with E-state index in [0.717, 1.165) is 15.4 Å². The largest absolute Gasteiger partial charge is 0.497 e. The molecule has 226 valence electrons. The zero-order valence-corrected chi connectivity index (χ0v) is 26.3. The number of halogens is 1. The molecule has 3 rings (SSSR count). The standard InChI is InChI=1S/C31H38ClN3O6S/c1-7-22(3)33-31(37)23(4)34(19-24-10-12-25(32)13-11-24)30(36)20-35(28-18-26(40-5)14-17-29(28)41-6)42(38,39)27-15-8-21(2)9-16-27/h8-18,22-23H,7,19-20H2,1-6H3,(H,33,37)/t22-,23+/m0/s1. The van der Waals surface area contributed by atoms with Crippen LogP contribution in [-0.2, 0) is 26.2 Å². The Kier molecular flexibility index (Phi) is 11.2. The highest BCUT2D eigenvalue weighted by atomic mass is 35.5. The topological polar surface area (TPSA) is 105 Å². The number of benzene rings is 3. The van der Waals surface area contributed by atoms with Crippen molar-refractivity contribution >= 4 is 39.1 Å². The van der Waals surface area contributed by atoms with Gasteiger partial charge in [0, 0.05) is 23.7 Å². The van der Waals surface area contributed by atoms with Crippen molar-refractivity contribution in [2.24, 2.45) is 0 Å². The smallest absolute Gasteiger partial charge is 0.264 e. The molecule has 0 aliphatic heterocycles. The predicted molar refractivity (Wildman–Crippen MR) is 165 cm³/mol. The third kappa shape index (κ3) is 7.95. The van der Waals surface area contributed by atoms with Gasteiger partial charge in [-0.05, 0) is 69.2 Å². The van der Waals surface area contributed by atoms with Crippen molar-refractivity contribution in [1.82, 2.24) is 10.2 Å². The molecule has 42 heavy (non-hydrogen) atoms. The van der Waals surface area contributed by atoms with Gasteiger partial charge in [0.15, 0.2) is 0 Å². The lowest BCUT2D eigenvalue weighted by Gasteiger charge is -2.33. The van der Waals surface area contributed by atoms with Crippen LogP contribution < -0.4 is 19.1 Å². The number of nitrogens with zero attached hydrogens (tertiary/aromatic N) is 2. The fourth-order valence-corrected chi connectivity index (χ4v) is 5.72. The molecule has 11 heteroatoms. The van der Waals surface area contributed by atoms with Gasteiger partial charge in [-0.1, -0.05) is 48.4 Å². The fourth-order valence-electron chi connectivity index (χ4n) is 4.18. The third-order valence-corrected chi connectivity index (χ3v) is 9.00. The molecular weight excluding hydrogens is 578 g/mol. The first kappa shape index (κ1) is 32.8. The van der Waals surface area contributed by atoms with Crippen LogP contribution in [-0.4, -0.2) is 58.0 Å². The number of ether oxygens (including phenoxy) is 2. The number of hydrogen-bond acceptors (Lipinski definition) is 6. The Balaban J connectivity index is 2.11. The van der Waals surface area contributed by atoms with E-state index >= 15 is 0 Å². The van der Waals surface area contributed by atoms with Gasteiger partial charge in [-0.3, -0.25) is 13.9 Å². The Morgan fingerprint density at radius 3 is 2.17 bits per heavy atom. The lowest BCUT2D eigenvalue weighted by atomic mass is 10.1. The maximum atomic E-state index is 14.1. The Bertz CT molecular complexity index is 1480. The number of amides is 2. The maximum absolute atomic E-state index is 14.1. The normalized spacial score (nSPS) is 12.6. The number of methoxy groups -OCH3 is 2. The number of hydrogen-bond donors (Lipinski definition) is 1. The van der Waals surface area contributed by atoms with Crippen LogP contribution >= 0.6 is 11.6 Å². The van der Waals surface area contributed by atoms with Gasteiger partial charge in [0.1, 0.15) is 24.1 Å². The van der Waals surface area contributed by atoms with Gasteiger partial charge in [-0.2, -0.15) is 0 Å². The summed E-state index contributed by atoms with van der Waals surface area (Å²) in [5.41, 5.74) is 1.72. The highest BCUT2D eigenvalue weighted by molar-refractivity contribution is 7.92. The first-order valence-corrected chi connectivity index (χ1v) is 15.4. The molecule has 2 atom stereocenters. The van der Waals surface area contributed by atoms with Gasteiger partial charge in [0.05, 0.1) is 24.8 Å². The SMILES string of the molecule is CC[C@H](C)NC(=O)[C@@H](C)N(Cc1ccc(Cl)cc1)C(=O)CN(c1cc(OC)ccc1OC)S(=O)(=O)c1ccc(C)cc1. The van der Waals surface area contributed by atoms with E-state index in [2.05, 4.69) is 5.32 Å². The van der Waals surface area contributed by atoms with Gasteiger partial charge < -0.3 is 19.7 Å². The second kappa shape index (κ2) is 14.4. The molecule has 0 aliphatic carbocycles. The Morgan fingerprint density at radius 1 is 0.952 bits per heavy atom. The van der Waals surface area contributed by atoms with E-state index in [1.54, 1.807) is 55.5 Å². The Hall–Kier alpha value is -3.76. The van der Waals surface area contributed by atoms with Crippen molar-refractivity contribution in [1.29, 1.82) is 0 Å². The number of carbonyl (C=O) groups is 2. The van der Waals surface area contributed by atoms with Crippen LogP contribution in [0.15, 0.2) is 71.6 Å². The number of anilines is 1. The highest BCUT2D eigenvalue weighted by Gasteiger charge is 2.34. The lowest BCUT2D eigenvalue weighted by molar-refractivity contribution is -0.139. The minimum atomic E-state index is -4.27. The van der Waals surface area contributed by atoms with E-state index in [1.807, 2.05) is 20.8 Å². The quantitative estimate of drug-likeness (QED) is 0.284. The minimum Gasteiger partial charge on any atom is -0.497 e. The molecule has 0 aromatic heterocycles. The van der Waals surface area contributed by atoms with Crippen LogP contribution in [0, 0.1) is 6.92 Å². The molecule has 0 aliphatic rings. The molecule has 3 aromatic carbocycles. The van der Waals surface area contributed by atoms with Crippen LogP contribution in [0.25, 0.3) is 0 Å². The predicted octanol–water partition coefficient (Wildman–Crippen LogP) is 5.19. The lowest BCUT2D eigenvalue weighted by Crippen LogP contribution is -2.52. The van der Waals surface area contributed by atoms with Crippen molar-refractivity contribution in [3.05, 3.63) is 82.9 Å². The molecule has 9 nitrogen and oxygen atoms in total. The molecule has 0 fully saturated rings. The molecular formula is C31H38ClN3O6S. The molecule has 1 N–H and O–H groups in total. The van der Waals surface area contributed by atoms with Gasteiger partial charge in [-0.25, -0.2) is 8.42 Å². The number of carbonyl (C=O) groups excluding carboxylic acids is 2. The fraction of sp³-hybridized carbons (Fsp3) is 0.355. The molecule has 2 amide bonds. The molecule has 3 aromatic rings. The average molecular weight is 616 g/mol. The molecule has 0 spiro atoms. The van der Waals surface area contributed by atoms with Crippen LogP contribution in [0.5, 0.6) is 11.5 Å². The molecule has 0 saturated heterocycles. The summed E-state index contributed by atoms with van der Waals surface area (Å²) in [6.45, 7) is 6.75. The molecule has 0 heterocycles. The van der Waals surface area contributed by atoms with Gasteiger partial charge in [-0.15, -0.1) is 0 Å². The van der Waals surface area contributed by atoms with Gasteiger partial charge >= 0.3 is 0 Å². The van der Waals surface area contributed by atoms with Gasteiger partial charge in [0.2, 0.25) is 11.8 Å². The number of sulfonamides is 1. The maximum Gasteiger partial charge on any atom is 0.264 e. The third-order valence-electron chi connectivity index (χ3n) is 6.98. The summed E-state index contributed by atoms with van der Waals surface area (Å²) in [7, 11) is -1.40. The van der Waals surface area contributed by atoms with E-state index in [-0.39, 0.29) is 34.8 Å². The first-order chi connectivity index (χ1) is 19.9. The molecule has 0 unspecified atom stereocenters. The van der Waals surface area contributed by atoms with Crippen LogP contribution in [0.3, 0.4) is 0 Å². The van der Waals surface area contributed by atoms with Crippen LogP contribution in [0.4, 0.5) is 5.69 Å². The summed E-state index contributed by atoms with van der Waals surface area (Å²) in [6.07, 6.45) is 0.710. The molecule has 0 radical (unpaired) electrons. The van der Waals surface area contributed by atoms with Crippen molar-refractivity contribution in [3.8, 4) is 11.5 Å². The summed E-state index contributed by atoms with van der Waals surface area (Å²) in [5.74, 6) is -0.330. The minimum absolute atomic E-state index is 0.00223. The monoisotopic (exact) mass is 615 g/mol. The van der Waals surface area contributed by atoms with Crippen LogP contribution in [0.2, 0.25) is 5.02 Å². The number of aryl methyl sites for hydroxylation is 1. The van der Waals surface area contributed by atoms with E-state index < -0.39 is 28.5 Å². The van der Waals surface area contributed by atoms with E-state index in [9.17, 15) is 18.0 Å². The second-order valence-electron chi connectivity index (χ2n) is 10.0. The van der Waals surface area contributed by atoms with Crippen molar-refractivity contribution in [2.75, 3.05) is 25.1 Å². The summed E-state index contributed by atoms with van der Waals surface area (Å²) in [4.78, 5) is 28.7. The van der Waals surface area contributed by atoms with Gasteiger partial charge in [0.25, 0.3) is 10.0 Å². The van der Waals surface area contributed by atoms with Crippen molar-refractivity contribution in [3.63, 3.8) is 0 Å². The zero-order chi connectivity index (χ0) is 31.0. The highest BCUT2D eigenvalue weighted by Crippen LogP contribution is 2.36. The summed E-state index contributed by atoms with van der Waals surface area (Å²) in [6, 6.07) is 16.9. The Morgan fingerprint density at radius 2 is 1.60 bits per heavy atom. The van der Waals surface area contributed by atoms with Crippen molar-refractivity contribution in [2.45, 2.75) is 57.6 Å². The number of rotatable bonds is 13. The Labute approximate surface area is 253 Å².